The van der Waals surface area contributed by atoms with Crippen LogP contribution in [0.25, 0.3) is 5.69 Å². The van der Waals surface area contributed by atoms with E-state index in [2.05, 4.69) is 34.1 Å². The third-order valence-corrected chi connectivity index (χ3v) is 3.36. The van der Waals surface area contributed by atoms with Gasteiger partial charge in [-0.2, -0.15) is 0 Å². The van der Waals surface area contributed by atoms with Crippen LogP contribution in [-0.2, 0) is 4.74 Å². The van der Waals surface area contributed by atoms with Crippen molar-refractivity contribution in [2.45, 2.75) is 6.92 Å². The molecule has 2 heterocycles. The second kappa shape index (κ2) is 4.93. The van der Waals surface area contributed by atoms with E-state index in [0.717, 1.165) is 37.7 Å². The first-order valence-corrected chi connectivity index (χ1v) is 6.48. The molecule has 3 rings (SSSR count). The van der Waals surface area contributed by atoms with Crippen LogP contribution in [0.15, 0.2) is 30.5 Å². The second-order valence-electron chi connectivity index (χ2n) is 4.73. The molecule has 5 heteroatoms. The average molecular weight is 258 g/mol. The molecule has 2 N–H and O–H groups in total. The van der Waals surface area contributed by atoms with Crippen LogP contribution in [0.5, 0.6) is 0 Å². The molecule has 0 amide bonds. The summed E-state index contributed by atoms with van der Waals surface area (Å²) >= 11 is 0. The van der Waals surface area contributed by atoms with Crippen molar-refractivity contribution in [3.8, 4) is 5.69 Å². The van der Waals surface area contributed by atoms with E-state index in [0.29, 0.717) is 5.95 Å². The van der Waals surface area contributed by atoms with E-state index in [4.69, 9.17) is 10.5 Å². The summed E-state index contributed by atoms with van der Waals surface area (Å²) in [7, 11) is 0. The Morgan fingerprint density at radius 2 is 1.74 bits per heavy atom. The molecule has 100 valence electrons. The summed E-state index contributed by atoms with van der Waals surface area (Å²) in [5, 5.41) is 0. The molecule has 1 aliphatic rings. The predicted molar refractivity (Wildman–Crippen MR) is 75.7 cm³/mol. The van der Waals surface area contributed by atoms with Gasteiger partial charge in [-0.3, -0.25) is 4.57 Å². The molecule has 1 fully saturated rings. The van der Waals surface area contributed by atoms with Gasteiger partial charge in [-0.05, 0) is 31.2 Å². The Balaban J connectivity index is 1.84. The Morgan fingerprint density at radius 1 is 1.11 bits per heavy atom. The van der Waals surface area contributed by atoms with Gasteiger partial charge in [-0.15, -0.1) is 0 Å². The number of hydrogen-bond acceptors (Lipinski definition) is 4. The molecule has 5 nitrogen and oxygen atoms in total. The lowest BCUT2D eigenvalue weighted by Crippen LogP contribution is -2.36. The normalized spacial score (nSPS) is 15.7. The van der Waals surface area contributed by atoms with Crippen LogP contribution in [0.1, 0.15) is 5.69 Å². The quantitative estimate of drug-likeness (QED) is 0.889. The Hall–Kier alpha value is -2.01. The summed E-state index contributed by atoms with van der Waals surface area (Å²) in [6.45, 7) is 5.44. The van der Waals surface area contributed by atoms with Gasteiger partial charge in [0.1, 0.15) is 0 Å². The number of nitrogens with zero attached hydrogens (tertiary/aromatic N) is 3. The van der Waals surface area contributed by atoms with Crippen molar-refractivity contribution < 1.29 is 4.74 Å². The van der Waals surface area contributed by atoms with Crippen molar-refractivity contribution in [1.29, 1.82) is 0 Å². The molecule has 0 bridgehead atoms. The van der Waals surface area contributed by atoms with Gasteiger partial charge in [-0.1, -0.05) is 0 Å². The molecule has 1 saturated heterocycles. The maximum atomic E-state index is 5.88. The highest BCUT2D eigenvalue weighted by Gasteiger charge is 2.11. The molecule has 1 aromatic carbocycles. The molecule has 1 aliphatic heterocycles. The van der Waals surface area contributed by atoms with E-state index >= 15 is 0 Å². The molecule has 0 spiro atoms. The van der Waals surface area contributed by atoms with Gasteiger partial charge in [0.05, 0.1) is 18.9 Å². The van der Waals surface area contributed by atoms with Crippen LogP contribution in [0.3, 0.4) is 0 Å². The number of aromatic nitrogens is 2. The van der Waals surface area contributed by atoms with Crippen LogP contribution in [0, 0.1) is 6.92 Å². The standard InChI is InChI=1S/C14H18N4O/c1-11-10-18(14(15)16-11)13-4-2-12(3-5-13)17-6-8-19-9-7-17/h2-5,10H,6-9H2,1H3,(H2,15,16). The smallest absolute Gasteiger partial charge is 0.205 e. The Labute approximate surface area is 112 Å². The van der Waals surface area contributed by atoms with E-state index in [1.54, 1.807) is 0 Å². The van der Waals surface area contributed by atoms with Gasteiger partial charge >= 0.3 is 0 Å². The average Bonchev–Trinajstić information content (AvgIpc) is 2.79. The number of imidazole rings is 1. The summed E-state index contributed by atoms with van der Waals surface area (Å²) in [6, 6.07) is 8.38. The Kier molecular flexibility index (Phi) is 3.13. The summed E-state index contributed by atoms with van der Waals surface area (Å²) in [4.78, 5) is 6.54. The largest absolute Gasteiger partial charge is 0.378 e. The van der Waals surface area contributed by atoms with Crippen LogP contribution in [0.4, 0.5) is 11.6 Å². The first-order valence-electron chi connectivity index (χ1n) is 6.48. The molecule has 0 saturated carbocycles. The van der Waals surface area contributed by atoms with Gasteiger partial charge in [-0.25, -0.2) is 4.98 Å². The number of nitrogen functional groups attached to an aromatic ring is 1. The summed E-state index contributed by atoms with van der Waals surface area (Å²) in [6.07, 6.45) is 1.94. The van der Waals surface area contributed by atoms with Crippen LogP contribution in [0.2, 0.25) is 0 Å². The van der Waals surface area contributed by atoms with Crippen molar-refractivity contribution in [1.82, 2.24) is 9.55 Å². The second-order valence-corrected chi connectivity index (χ2v) is 4.73. The van der Waals surface area contributed by atoms with Crippen molar-refractivity contribution in [2.24, 2.45) is 0 Å². The lowest BCUT2D eigenvalue weighted by atomic mass is 10.2. The number of anilines is 2. The Bertz CT molecular complexity index is 555. The van der Waals surface area contributed by atoms with Crippen molar-refractivity contribution >= 4 is 11.6 Å². The van der Waals surface area contributed by atoms with Gasteiger partial charge in [0.15, 0.2) is 0 Å². The maximum Gasteiger partial charge on any atom is 0.205 e. The predicted octanol–water partition coefficient (Wildman–Crippen LogP) is 1.60. The maximum absolute atomic E-state index is 5.88. The number of nitrogens with two attached hydrogens (primary N) is 1. The van der Waals surface area contributed by atoms with Crippen molar-refractivity contribution in [3.63, 3.8) is 0 Å². The summed E-state index contributed by atoms with van der Waals surface area (Å²) < 4.78 is 7.26. The third kappa shape index (κ3) is 2.42. The van der Waals surface area contributed by atoms with Gasteiger partial charge in [0.25, 0.3) is 0 Å². The van der Waals surface area contributed by atoms with E-state index in [1.807, 2.05) is 17.7 Å². The fourth-order valence-corrected chi connectivity index (χ4v) is 2.37. The van der Waals surface area contributed by atoms with Crippen molar-refractivity contribution in [3.05, 3.63) is 36.2 Å². The van der Waals surface area contributed by atoms with Crippen molar-refractivity contribution in [2.75, 3.05) is 36.9 Å². The molecule has 0 radical (unpaired) electrons. The highest BCUT2D eigenvalue weighted by molar-refractivity contribution is 5.52. The first-order chi connectivity index (χ1) is 9.24. The fraction of sp³-hybridized carbons (Fsp3) is 0.357. The van der Waals surface area contributed by atoms with Crippen LogP contribution >= 0.6 is 0 Å². The summed E-state index contributed by atoms with van der Waals surface area (Å²) in [5.74, 6) is 0.525. The minimum atomic E-state index is 0.525. The highest BCUT2D eigenvalue weighted by Crippen LogP contribution is 2.20. The first kappa shape index (κ1) is 12.0. The minimum absolute atomic E-state index is 0.525. The fourth-order valence-electron chi connectivity index (χ4n) is 2.37. The number of hydrogen-bond donors (Lipinski definition) is 1. The zero-order valence-corrected chi connectivity index (χ0v) is 11.0. The lowest BCUT2D eigenvalue weighted by molar-refractivity contribution is 0.122. The number of rotatable bonds is 2. The SMILES string of the molecule is Cc1cn(-c2ccc(N3CCOCC3)cc2)c(N)n1. The van der Waals surface area contributed by atoms with E-state index in [-0.39, 0.29) is 0 Å². The van der Waals surface area contributed by atoms with Gasteiger partial charge < -0.3 is 15.4 Å². The molecular weight excluding hydrogens is 240 g/mol. The zero-order chi connectivity index (χ0) is 13.2. The van der Waals surface area contributed by atoms with E-state index < -0.39 is 0 Å². The number of aryl methyl sites for hydroxylation is 1. The monoisotopic (exact) mass is 258 g/mol. The number of ether oxygens (including phenoxy) is 1. The molecule has 0 aliphatic carbocycles. The molecule has 0 unspecified atom stereocenters. The number of morpholine rings is 1. The topological polar surface area (TPSA) is 56.3 Å². The van der Waals surface area contributed by atoms with Crippen LogP contribution in [-0.4, -0.2) is 35.9 Å². The molecule has 19 heavy (non-hydrogen) atoms. The highest BCUT2D eigenvalue weighted by atomic mass is 16.5. The minimum Gasteiger partial charge on any atom is -0.378 e. The molecule has 0 atom stereocenters. The van der Waals surface area contributed by atoms with E-state index in [1.165, 1.54) is 5.69 Å². The zero-order valence-electron chi connectivity index (χ0n) is 11.0. The van der Waals surface area contributed by atoms with Crippen LogP contribution < -0.4 is 10.6 Å². The van der Waals surface area contributed by atoms with E-state index in [9.17, 15) is 0 Å². The third-order valence-electron chi connectivity index (χ3n) is 3.36. The molecule has 2 aromatic rings. The Morgan fingerprint density at radius 3 is 2.32 bits per heavy atom. The lowest BCUT2D eigenvalue weighted by Gasteiger charge is -2.28. The van der Waals surface area contributed by atoms with Gasteiger partial charge in [0, 0.05) is 30.7 Å². The number of benzene rings is 1. The molecule has 1 aromatic heterocycles. The summed E-state index contributed by atoms with van der Waals surface area (Å²) in [5.41, 5.74) is 9.07. The van der Waals surface area contributed by atoms with Gasteiger partial charge in [0.2, 0.25) is 5.95 Å². The molecular formula is C14H18N4O.